The van der Waals surface area contributed by atoms with E-state index in [1.807, 2.05) is 13.8 Å². The molecule has 0 aliphatic carbocycles. The Labute approximate surface area is 101 Å². The number of carbonyl (C=O) groups is 2. The van der Waals surface area contributed by atoms with Gasteiger partial charge in [-0.1, -0.05) is 6.08 Å². The van der Waals surface area contributed by atoms with Crippen molar-refractivity contribution >= 4 is 12.0 Å². The molecule has 2 unspecified atom stereocenters. The zero-order valence-corrected chi connectivity index (χ0v) is 10.2. The minimum atomic E-state index is -1.09. The van der Waals surface area contributed by atoms with Crippen LogP contribution in [0.1, 0.15) is 20.3 Å². The van der Waals surface area contributed by atoms with Crippen molar-refractivity contribution in [2.24, 2.45) is 0 Å². The summed E-state index contributed by atoms with van der Waals surface area (Å²) in [7, 11) is 0. The van der Waals surface area contributed by atoms with Crippen LogP contribution in [0.25, 0.3) is 0 Å². The van der Waals surface area contributed by atoms with Crippen LogP contribution in [0.5, 0.6) is 0 Å². The highest BCUT2D eigenvalue weighted by atomic mass is 16.5. The highest BCUT2D eigenvalue weighted by Gasteiger charge is 2.18. The Bertz CT molecular complexity index is 268. The molecule has 0 aromatic heterocycles. The molecule has 17 heavy (non-hydrogen) atoms. The van der Waals surface area contributed by atoms with Gasteiger partial charge in [-0.05, 0) is 20.3 Å². The van der Waals surface area contributed by atoms with Gasteiger partial charge in [-0.3, -0.25) is 0 Å². The Hall–Kier alpha value is -1.56. The Kier molecular flexibility index (Phi) is 7.79. The van der Waals surface area contributed by atoms with Gasteiger partial charge in [-0.15, -0.1) is 6.58 Å². The van der Waals surface area contributed by atoms with E-state index in [1.54, 1.807) is 0 Å². The van der Waals surface area contributed by atoms with E-state index >= 15 is 0 Å². The molecule has 0 rings (SSSR count). The van der Waals surface area contributed by atoms with Crippen LogP contribution in [0.15, 0.2) is 12.7 Å². The van der Waals surface area contributed by atoms with Crippen LogP contribution in [0, 0.1) is 0 Å². The molecule has 6 nitrogen and oxygen atoms in total. The average Bonchev–Trinajstić information content (AvgIpc) is 2.26. The highest BCUT2D eigenvalue weighted by molar-refractivity contribution is 5.82. The second-order valence-electron chi connectivity index (χ2n) is 3.54. The maximum absolute atomic E-state index is 11.4. The second-order valence-corrected chi connectivity index (χ2v) is 3.54. The van der Waals surface area contributed by atoms with Gasteiger partial charge in [0.2, 0.25) is 0 Å². The van der Waals surface area contributed by atoms with Gasteiger partial charge >= 0.3 is 12.0 Å². The van der Waals surface area contributed by atoms with Crippen LogP contribution < -0.4 is 10.6 Å². The number of aliphatic carboxylic acids is 1. The van der Waals surface area contributed by atoms with Crippen molar-refractivity contribution in [2.45, 2.75) is 32.4 Å². The first-order valence-corrected chi connectivity index (χ1v) is 5.50. The van der Waals surface area contributed by atoms with Crippen molar-refractivity contribution in [3.8, 4) is 0 Å². The molecule has 0 saturated carbocycles. The smallest absolute Gasteiger partial charge is 0.326 e. The van der Waals surface area contributed by atoms with Gasteiger partial charge in [-0.25, -0.2) is 9.59 Å². The van der Waals surface area contributed by atoms with Crippen molar-refractivity contribution in [2.75, 3.05) is 13.2 Å². The van der Waals surface area contributed by atoms with E-state index in [0.29, 0.717) is 13.2 Å². The normalized spacial score (nSPS) is 13.5. The van der Waals surface area contributed by atoms with E-state index in [9.17, 15) is 9.59 Å². The lowest BCUT2D eigenvalue weighted by molar-refractivity contribution is -0.139. The first-order valence-electron chi connectivity index (χ1n) is 5.50. The first-order chi connectivity index (χ1) is 8.01. The maximum atomic E-state index is 11.4. The van der Waals surface area contributed by atoms with Crippen molar-refractivity contribution in [3.05, 3.63) is 12.7 Å². The Morgan fingerprint density at radius 2 is 2.18 bits per heavy atom. The first kappa shape index (κ1) is 15.4. The predicted octanol–water partition coefficient (Wildman–Crippen LogP) is 0.740. The molecule has 6 heteroatoms. The van der Waals surface area contributed by atoms with Gasteiger partial charge in [0.1, 0.15) is 6.04 Å². The van der Waals surface area contributed by atoms with Crippen molar-refractivity contribution < 1.29 is 19.4 Å². The number of carboxylic acids is 1. The summed E-state index contributed by atoms with van der Waals surface area (Å²) in [5, 5.41) is 13.7. The number of carboxylic acid groups (broad SMARTS) is 1. The molecule has 0 aromatic rings. The predicted molar refractivity (Wildman–Crippen MR) is 63.9 cm³/mol. The zero-order valence-electron chi connectivity index (χ0n) is 10.2. The van der Waals surface area contributed by atoms with Crippen LogP contribution in [0.2, 0.25) is 0 Å². The lowest BCUT2D eigenvalue weighted by Crippen LogP contribution is -2.47. The molecular formula is C11H20N2O4. The number of hydrogen-bond acceptors (Lipinski definition) is 3. The van der Waals surface area contributed by atoms with Crippen molar-refractivity contribution in [1.29, 1.82) is 0 Å². The van der Waals surface area contributed by atoms with E-state index in [4.69, 9.17) is 9.84 Å². The molecule has 0 saturated heterocycles. The highest BCUT2D eigenvalue weighted by Crippen LogP contribution is 1.93. The summed E-state index contributed by atoms with van der Waals surface area (Å²) in [5.74, 6) is -1.09. The topological polar surface area (TPSA) is 87.7 Å². The number of amides is 2. The van der Waals surface area contributed by atoms with Crippen molar-refractivity contribution in [1.82, 2.24) is 10.6 Å². The molecule has 0 aliphatic rings. The number of nitrogens with one attached hydrogen (secondary N) is 2. The SMILES string of the molecule is C=CCC(NC(=O)NCC(C)OCC)C(=O)O. The van der Waals surface area contributed by atoms with Crippen molar-refractivity contribution in [3.63, 3.8) is 0 Å². The third-order valence-corrected chi connectivity index (χ3v) is 2.01. The van der Waals surface area contributed by atoms with Gasteiger partial charge in [0, 0.05) is 13.2 Å². The minimum absolute atomic E-state index is 0.103. The molecule has 0 fully saturated rings. The Morgan fingerprint density at radius 1 is 1.53 bits per heavy atom. The molecular weight excluding hydrogens is 224 g/mol. The molecule has 0 heterocycles. The summed E-state index contributed by atoms with van der Waals surface area (Å²) in [4.78, 5) is 22.1. The fraction of sp³-hybridized carbons (Fsp3) is 0.636. The van der Waals surface area contributed by atoms with E-state index in [2.05, 4.69) is 17.2 Å². The molecule has 0 bridgehead atoms. The number of hydrogen-bond donors (Lipinski definition) is 3. The number of urea groups is 1. The van der Waals surface area contributed by atoms with E-state index in [0.717, 1.165) is 0 Å². The Morgan fingerprint density at radius 3 is 2.65 bits per heavy atom. The lowest BCUT2D eigenvalue weighted by atomic mass is 10.2. The number of ether oxygens (including phenoxy) is 1. The minimum Gasteiger partial charge on any atom is -0.480 e. The summed E-state index contributed by atoms with van der Waals surface area (Å²) in [6.07, 6.45) is 1.53. The van der Waals surface area contributed by atoms with Crippen LogP contribution in [-0.2, 0) is 9.53 Å². The molecule has 2 amide bonds. The summed E-state index contributed by atoms with van der Waals surface area (Å²) < 4.78 is 5.22. The molecule has 0 aromatic carbocycles. The fourth-order valence-corrected chi connectivity index (χ4v) is 1.18. The summed E-state index contributed by atoms with van der Waals surface area (Å²) in [6.45, 7) is 8.02. The zero-order chi connectivity index (χ0) is 13.3. The van der Waals surface area contributed by atoms with Crippen LogP contribution >= 0.6 is 0 Å². The summed E-state index contributed by atoms with van der Waals surface area (Å²) >= 11 is 0. The summed E-state index contributed by atoms with van der Waals surface area (Å²) in [5.41, 5.74) is 0. The molecule has 2 atom stereocenters. The van der Waals surface area contributed by atoms with Gasteiger partial charge in [0.15, 0.2) is 0 Å². The Balaban J connectivity index is 3.97. The molecule has 3 N–H and O–H groups in total. The summed E-state index contributed by atoms with van der Waals surface area (Å²) in [6, 6.07) is -1.47. The maximum Gasteiger partial charge on any atom is 0.326 e. The fourth-order valence-electron chi connectivity index (χ4n) is 1.18. The van der Waals surface area contributed by atoms with Crippen LogP contribution in [0.4, 0.5) is 4.79 Å². The number of rotatable bonds is 8. The largest absolute Gasteiger partial charge is 0.480 e. The van der Waals surface area contributed by atoms with Crippen LogP contribution in [-0.4, -0.2) is 42.4 Å². The van der Waals surface area contributed by atoms with Gasteiger partial charge in [-0.2, -0.15) is 0 Å². The molecule has 0 spiro atoms. The lowest BCUT2D eigenvalue weighted by Gasteiger charge is -2.16. The molecule has 98 valence electrons. The number of carbonyl (C=O) groups excluding carboxylic acids is 1. The van der Waals surface area contributed by atoms with Gasteiger partial charge < -0.3 is 20.5 Å². The van der Waals surface area contributed by atoms with E-state index < -0.39 is 18.0 Å². The molecule has 0 aliphatic heterocycles. The van der Waals surface area contributed by atoms with E-state index in [-0.39, 0.29) is 12.5 Å². The third kappa shape index (κ3) is 7.35. The van der Waals surface area contributed by atoms with Gasteiger partial charge in [0.05, 0.1) is 6.10 Å². The monoisotopic (exact) mass is 244 g/mol. The third-order valence-electron chi connectivity index (χ3n) is 2.01. The standard InChI is InChI=1S/C11H20N2O4/c1-4-6-9(10(14)15)13-11(16)12-7-8(3)17-5-2/h4,8-9H,1,5-7H2,2-3H3,(H,14,15)(H2,12,13,16). The quantitative estimate of drug-likeness (QED) is 0.549. The average molecular weight is 244 g/mol. The van der Waals surface area contributed by atoms with Crippen LogP contribution in [0.3, 0.4) is 0 Å². The molecule has 0 radical (unpaired) electrons. The second kappa shape index (κ2) is 8.58. The van der Waals surface area contributed by atoms with Gasteiger partial charge in [0.25, 0.3) is 0 Å². The van der Waals surface area contributed by atoms with E-state index in [1.165, 1.54) is 6.08 Å².